The number of hydrogen-bond donors (Lipinski definition) is 0. The van der Waals surface area contributed by atoms with Gasteiger partial charge in [-0.15, -0.1) is 0 Å². The predicted molar refractivity (Wildman–Crippen MR) is 79.5 cm³/mol. The highest BCUT2D eigenvalue weighted by atomic mass is 35.5. The van der Waals surface area contributed by atoms with Gasteiger partial charge in [-0.25, -0.2) is 9.78 Å². The molecule has 2 heterocycles. The van der Waals surface area contributed by atoms with Gasteiger partial charge >= 0.3 is 5.97 Å². The molecular formula is C14H11ClN2O2S. The van der Waals surface area contributed by atoms with Crippen molar-refractivity contribution < 1.29 is 9.53 Å². The lowest BCUT2D eigenvalue weighted by Gasteiger charge is -1.97. The molecule has 0 radical (unpaired) electrons. The summed E-state index contributed by atoms with van der Waals surface area (Å²) in [5, 5.41) is 0.708. The number of carbonyl (C=O) groups excluding carboxylic acids is 1. The van der Waals surface area contributed by atoms with E-state index in [-0.39, 0.29) is 0 Å². The maximum absolute atomic E-state index is 11.6. The molecule has 0 aliphatic heterocycles. The first-order valence-corrected chi connectivity index (χ1v) is 7.28. The van der Waals surface area contributed by atoms with Crippen LogP contribution in [0.4, 0.5) is 0 Å². The van der Waals surface area contributed by atoms with Crippen LogP contribution in [0.15, 0.2) is 36.7 Å². The van der Waals surface area contributed by atoms with E-state index < -0.39 is 5.97 Å². The highest BCUT2D eigenvalue weighted by Crippen LogP contribution is 2.29. The normalized spacial score (nSPS) is 10.9. The lowest BCUT2D eigenvalue weighted by Crippen LogP contribution is -2.04. The number of benzene rings is 1. The number of thiazole rings is 1. The fourth-order valence-corrected chi connectivity index (χ4v) is 2.94. The third-order valence-corrected chi connectivity index (χ3v) is 4.07. The zero-order valence-electron chi connectivity index (χ0n) is 10.7. The van der Waals surface area contributed by atoms with Gasteiger partial charge < -0.3 is 4.74 Å². The number of esters is 1. The van der Waals surface area contributed by atoms with Crippen molar-refractivity contribution >= 4 is 33.9 Å². The van der Waals surface area contributed by atoms with Gasteiger partial charge in [0.1, 0.15) is 0 Å². The van der Waals surface area contributed by atoms with Crippen LogP contribution in [0.2, 0.25) is 5.02 Å². The third-order valence-electron chi connectivity index (χ3n) is 2.77. The van der Waals surface area contributed by atoms with E-state index in [1.54, 1.807) is 13.1 Å². The van der Waals surface area contributed by atoms with Gasteiger partial charge in [-0.3, -0.25) is 4.40 Å². The van der Waals surface area contributed by atoms with Crippen LogP contribution in [0, 0.1) is 0 Å². The Morgan fingerprint density at radius 1 is 1.35 bits per heavy atom. The first-order chi connectivity index (χ1) is 9.67. The minimum absolute atomic E-state index is 0.334. The molecule has 0 atom stereocenters. The number of ether oxygens (including phenoxy) is 1. The molecule has 0 bridgehead atoms. The topological polar surface area (TPSA) is 43.6 Å². The second-order valence-electron chi connectivity index (χ2n) is 4.14. The van der Waals surface area contributed by atoms with Crippen molar-refractivity contribution in [2.45, 2.75) is 6.92 Å². The van der Waals surface area contributed by atoms with Crippen LogP contribution in [-0.2, 0) is 4.74 Å². The molecule has 4 nitrogen and oxygen atoms in total. The Morgan fingerprint density at radius 2 is 2.10 bits per heavy atom. The van der Waals surface area contributed by atoms with Crippen LogP contribution in [0.1, 0.15) is 17.4 Å². The highest BCUT2D eigenvalue weighted by molar-refractivity contribution is 7.20. The molecule has 2 aromatic heterocycles. The summed E-state index contributed by atoms with van der Waals surface area (Å²) in [7, 11) is 0. The van der Waals surface area contributed by atoms with E-state index in [0.717, 1.165) is 15.4 Å². The number of carbonyl (C=O) groups is 1. The van der Waals surface area contributed by atoms with E-state index in [1.807, 2.05) is 34.9 Å². The Balaban J connectivity index is 1.94. The van der Waals surface area contributed by atoms with Gasteiger partial charge in [-0.2, -0.15) is 0 Å². The molecule has 0 aliphatic carbocycles. The van der Waals surface area contributed by atoms with Gasteiger partial charge in [0.15, 0.2) is 10.7 Å². The summed E-state index contributed by atoms with van der Waals surface area (Å²) in [5.74, 6) is -0.392. The SMILES string of the molecule is CCOC(=O)c1cn2cc(-c3ccc(Cl)cc3)sc2n1. The van der Waals surface area contributed by atoms with Crippen molar-refractivity contribution in [1.29, 1.82) is 0 Å². The second kappa shape index (κ2) is 5.26. The van der Waals surface area contributed by atoms with E-state index in [2.05, 4.69) is 4.98 Å². The molecule has 0 unspecified atom stereocenters. The smallest absolute Gasteiger partial charge is 0.358 e. The van der Waals surface area contributed by atoms with Crippen LogP contribution < -0.4 is 0 Å². The summed E-state index contributed by atoms with van der Waals surface area (Å²) in [6, 6.07) is 7.62. The maximum Gasteiger partial charge on any atom is 0.358 e. The Kier molecular flexibility index (Phi) is 3.46. The van der Waals surface area contributed by atoms with E-state index in [9.17, 15) is 4.79 Å². The minimum Gasteiger partial charge on any atom is -0.461 e. The Bertz CT molecular complexity index is 730. The summed E-state index contributed by atoms with van der Waals surface area (Å²) in [6.07, 6.45) is 3.63. The van der Waals surface area contributed by atoms with E-state index in [4.69, 9.17) is 16.3 Å². The molecule has 3 rings (SSSR count). The molecule has 102 valence electrons. The van der Waals surface area contributed by atoms with Crippen LogP contribution >= 0.6 is 22.9 Å². The van der Waals surface area contributed by atoms with Crippen molar-refractivity contribution in [1.82, 2.24) is 9.38 Å². The Morgan fingerprint density at radius 3 is 2.75 bits per heavy atom. The Hall–Kier alpha value is -1.85. The first kappa shape index (κ1) is 13.1. The zero-order valence-corrected chi connectivity index (χ0v) is 12.2. The molecule has 6 heteroatoms. The summed E-state index contributed by atoms with van der Waals surface area (Å²) >= 11 is 7.39. The first-order valence-electron chi connectivity index (χ1n) is 6.09. The summed E-state index contributed by atoms with van der Waals surface area (Å²) in [6.45, 7) is 2.12. The number of nitrogens with zero attached hydrogens (tertiary/aromatic N) is 2. The molecule has 0 N–H and O–H groups in total. The zero-order chi connectivity index (χ0) is 14.1. The fourth-order valence-electron chi connectivity index (χ4n) is 1.85. The molecule has 0 aliphatic rings. The van der Waals surface area contributed by atoms with E-state index in [0.29, 0.717) is 17.3 Å². The molecular weight excluding hydrogens is 296 g/mol. The number of aromatic nitrogens is 2. The van der Waals surface area contributed by atoms with Gasteiger partial charge in [0.2, 0.25) is 0 Å². The number of halogens is 1. The monoisotopic (exact) mass is 306 g/mol. The number of imidazole rings is 1. The standard InChI is InChI=1S/C14H11ClN2O2S/c1-2-19-13(18)11-7-17-8-12(20-14(17)16-11)9-3-5-10(15)6-4-9/h3-8H,2H2,1H3. The molecule has 1 aromatic carbocycles. The van der Waals surface area contributed by atoms with Crippen LogP contribution in [0.25, 0.3) is 15.4 Å². The quantitative estimate of drug-likeness (QED) is 0.689. The molecule has 0 amide bonds. The fraction of sp³-hybridized carbons (Fsp3) is 0.143. The van der Waals surface area contributed by atoms with E-state index in [1.165, 1.54) is 11.3 Å². The number of hydrogen-bond acceptors (Lipinski definition) is 4. The molecule has 3 aromatic rings. The van der Waals surface area contributed by atoms with Gasteiger partial charge in [0.05, 0.1) is 11.5 Å². The van der Waals surface area contributed by atoms with Gasteiger partial charge in [0, 0.05) is 17.4 Å². The summed E-state index contributed by atoms with van der Waals surface area (Å²) in [4.78, 5) is 17.7. The maximum atomic E-state index is 11.6. The minimum atomic E-state index is -0.392. The van der Waals surface area contributed by atoms with Gasteiger partial charge in [-0.1, -0.05) is 35.1 Å². The second-order valence-corrected chi connectivity index (χ2v) is 5.58. The molecule has 0 fully saturated rings. The lowest BCUT2D eigenvalue weighted by atomic mass is 10.2. The van der Waals surface area contributed by atoms with Crippen molar-refractivity contribution in [3.05, 3.63) is 47.4 Å². The summed E-state index contributed by atoms with van der Waals surface area (Å²) < 4.78 is 6.76. The molecule has 0 saturated heterocycles. The van der Waals surface area contributed by atoms with Crippen molar-refractivity contribution in [2.75, 3.05) is 6.61 Å². The van der Waals surface area contributed by atoms with Crippen molar-refractivity contribution in [2.24, 2.45) is 0 Å². The van der Waals surface area contributed by atoms with E-state index >= 15 is 0 Å². The lowest BCUT2D eigenvalue weighted by molar-refractivity contribution is 0.0520. The third kappa shape index (κ3) is 2.42. The van der Waals surface area contributed by atoms with Crippen molar-refractivity contribution in [3.8, 4) is 10.4 Å². The van der Waals surface area contributed by atoms with Crippen LogP contribution in [0.5, 0.6) is 0 Å². The highest BCUT2D eigenvalue weighted by Gasteiger charge is 2.14. The van der Waals surface area contributed by atoms with Crippen LogP contribution in [0.3, 0.4) is 0 Å². The Labute approximate surface area is 124 Å². The predicted octanol–water partition coefficient (Wildman–Crippen LogP) is 3.89. The largest absolute Gasteiger partial charge is 0.461 e. The van der Waals surface area contributed by atoms with Crippen molar-refractivity contribution in [3.63, 3.8) is 0 Å². The van der Waals surface area contributed by atoms with Crippen LogP contribution in [-0.4, -0.2) is 22.0 Å². The summed E-state index contributed by atoms with van der Waals surface area (Å²) in [5.41, 5.74) is 1.41. The van der Waals surface area contributed by atoms with Gasteiger partial charge in [-0.05, 0) is 24.6 Å². The average Bonchev–Trinajstić information content (AvgIpc) is 2.98. The molecule has 0 saturated carbocycles. The number of fused-ring (bicyclic) bond motifs is 1. The number of rotatable bonds is 3. The molecule has 0 spiro atoms. The molecule has 20 heavy (non-hydrogen) atoms. The average molecular weight is 307 g/mol. The van der Waals surface area contributed by atoms with Gasteiger partial charge in [0.25, 0.3) is 0 Å².